The normalized spacial score (nSPS) is 11.0. The highest BCUT2D eigenvalue weighted by atomic mass is 79.9. The molecule has 0 saturated carbocycles. The molecule has 150 valence electrons. The molecule has 0 saturated heterocycles. The highest BCUT2D eigenvalue weighted by Crippen LogP contribution is 2.35. The van der Waals surface area contributed by atoms with Gasteiger partial charge in [-0.1, -0.05) is 38.1 Å². The number of anilines is 1. The molecule has 1 aromatic heterocycles. The highest BCUT2D eigenvalue weighted by molar-refractivity contribution is 8.93. The van der Waals surface area contributed by atoms with Crippen molar-refractivity contribution < 1.29 is 14.2 Å². The van der Waals surface area contributed by atoms with E-state index in [1.54, 1.807) is 12.1 Å². The molecule has 5 nitrogen and oxygen atoms in total. The zero-order chi connectivity index (χ0) is 19.4. The molecule has 0 aliphatic rings. The van der Waals surface area contributed by atoms with Gasteiger partial charge in [-0.2, -0.15) is 0 Å². The molecule has 0 aliphatic carbocycles. The van der Waals surface area contributed by atoms with Crippen LogP contribution >= 0.6 is 17.0 Å². The molecule has 3 rings (SSSR count). The first-order chi connectivity index (χ1) is 13.0. The van der Waals surface area contributed by atoms with Gasteiger partial charge in [0.05, 0.1) is 36.9 Å². The molecule has 0 aliphatic heterocycles. The number of aliphatic hydroxyl groups excluding tert-OH is 1. The summed E-state index contributed by atoms with van der Waals surface area (Å²) in [4.78, 5) is 9.26. The van der Waals surface area contributed by atoms with Gasteiger partial charge in [-0.05, 0) is 23.4 Å². The van der Waals surface area contributed by atoms with Gasteiger partial charge in [-0.25, -0.2) is 14.4 Å². The summed E-state index contributed by atoms with van der Waals surface area (Å²) in [6.45, 7) is 4.72. The zero-order valence-electron chi connectivity index (χ0n) is 16.0. The molecule has 0 amide bonds. The largest absolute Gasteiger partial charge is 0.395 e. The number of aliphatic hydroxyl groups is 1. The Kier molecular flexibility index (Phi) is 7.86. The Bertz CT molecular complexity index is 950. The van der Waals surface area contributed by atoms with Gasteiger partial charge in [0.2, 0.25) is 0 Å². The minimum atomic E-state index is -0.274. The van der Waals surface area contributed by atoms with E-state index < -0.39 is 0 Å². The second-order valence-electron chi connectivity index (χ2n) is 6.67. The fraction of sp³-hybridized carbons (Fsp3) is 0.333. The van der Waals surface area contributed by atoms with Crippen molar-refractivity contribution in [3.05, 3.63) is 53.7 Å². The van der Waals surface area contributed by atoms with E-state index in [1.807, 2.05) is 32.0 Å². The molecule has 3 N–H and O–H groups in total. The number of nitrogens with two attached hydrogens (primary N) is 1. The van der Waals surface area contributed by atoms with Crippen LogP contribution in [0.15, 0.2) is 36.4 Å². The highest BCUT2D eigenvalue weighted by Gasteiger charge is 2.18. The first kappa shape index (κ1) is 22.2. The summed E-state index contributed by atoms with van der Waals surface area (Å²) < 4.78 is 19.5. The van der Waals surface area contributed by atoms with Crippen LogP contribution in [-0.4, -0.2) is 34.9 Å². The zero-order valence-corrected chi connectivity index (χ0v) is 17.7. The molecule has 2 aromatic carbocycles. The molecule has 0 atom stereocenters. The smallest absolute Gasteiger partial charge is 0.131 e. The predicted molar refractivity (Wildman–Crippen MR) is 115 cm³/mol. The Morgan fingerprint density at radius 1 is 1.07 bits per heavy atom. The van der Waals surface area contributed by atoms with Crippen molar-refractivity contribution in [3.63, 3.8) is 0 Å². The van der Waals surface area contributed by atoms with Crippen molar-refractivity contribution >= 4 is 33.4 Å². The summed E-state index contributed by atoms with van der Waals surface area (Å²) in [5.74, 6) is 0.466. The number of benzene rings is 2. The van der Waals surface area contributed by atoms with Gasteiger partial charge in [0.15, 0.2) is 0 Å². The van der Waals surface area contributed by atoms with Crippen LogP contribution in [0.4, 0.5) is 10.1 Å². The number of ether oxygens (including phenoxy) is 1. The molecule has 1 heterocycles. The number of hydrogen-bond acceptors (Lipinski definition) is 5. The first-order valence-corrected chi connectivity index (χ1v) is 9.05. The molecule has 0 bridgehead atoms. The predicted octanol–water partition coefficient (Wildman–Crippen LogP) is 4.27. The number of fused-ring (bicyclic) bond motifs is 1. The summed E-state index contributed by atoms with van der Waals surface area (Å²) in [6.07, 6.45) is 0.506. The molecule has 0 spiro atoms. The van der Waals surface area contributed by atoms with Crippen LogP contribution in [0.2, 0.25) is 0 Å². The third kappa shape index (κ3) is 4.66. The van der Waals surface area contributed by atoms with E-state index in [-0.39, 0.29) is 41.9 Å². The van der Waals surface area contributed by atoms with E-state index in [0.717, 1.165) is 16.6 Å². The van der Waals surface area contributed by atoms with Gasteiger partial charge in [0, 0.05) is 17.4 Å². The van der Waals surface area contributed by atoms with E-state index in [2.05, 4.69) is 9.97 Å². The Labute approximate surface area is 174 Å². The lowest BCUT2D eigenvalue weighted by atomic mass is 9.98. The fourth-order valence-electron chi connectivity index (χ4n) is 3.09. The molecular formula is C21H25BrFN3O2. The van der Waals surface area contributed by atoms with Gasteiger partial charge in [0.1, 0.15) is 11.6 Å². The number of nitrogen functional groups attached to an aromatic ring is 1. The van der Waals surface area contributed by atoms with Gasteiger partial charge >= 0.3 is 0 Å². The van der Waals surface area contributed by atoms with Crippen molar-refractivity contribution in [2.75, 3.05) is 25.6 Å². The lowest BCUT2D eigenvalue weighted by Gasteiger charge is -2.16. The van der Waals surface area contributed by atoms with Crippen molar-refractivity contribution in [1.29, 1.82) is 0 Å². The number of rotatable bonds is 7. The quantitative estimate of drug-likeness (QED) is 0.526. The van der Waals surface area contributed by atoms with Crippen molar-refractivity contribution in [2.45, 2.75) is 26.2 Å². The van der Waals surface area contributed by atoms with Crippen LogP contribution in [0.25, 0.3) is 22.0 Å². The van der Waals surface area contributed by atoms with Crippen LogP contribution in [0, 0.1) is 5.82 Å². The fourth-order valence-corrected chi connectivity index (χ4v) is 3.09. The van der Waals surface area contributed by atoms with Crippen LogP contribution in [0.1, 0.15) is 31.3 Å². The number of hydrogen-bond donors (Lipinski definition) is 2. The first-order valence-electron chi connectivity index (χ1n) is 9.05. The van der Waals surface area contributed by atoms with Crippen LogP contribution in [-0.2, 0) is 11.2 Å². The lowest BCUT2D eigenvalue weighted by molar-refractivity contribution is 0.0936. The van der Waals surface area contributed by atoms with E-state index in [9.17, 15) is 4.39 Å². The topological polar surface area (TPSA) is 81.3 Å². The van der Waals surface area contributed by atoms with E-state index in [4.69, 9.17) is 15.6 Å². The SMILES string of the molecule is Br.CC(C)c1nc(CCOCCO)nc(-c2ccc(F)c3ccccc23)c1N. The van der Waals surface area contributed by atoms with Gasteiger partial charge in [-0.3, -0.25) is 0 Å². The van der Waals surface area contributed by atoms with E-state index in [1.165, 1.54) is 6.07 Å². The average Bonchev–Trinajstić information content (AvgIpc) is 2.67. The van der Waals surface area contributed by atoms with Crippen molar-refractivity contribution in [1.82, 2.24) is 9.97 Å². The van der Waals surface area contributed by atoms with Crippen molar-refractivity contribution in [3.8, 4) is 11.3 Å². The van der Waals surface area contributed by atoms with Crippen LogP contribution in [0.5, 0.6) is 0 Å². The van der Waals surface area contributed by atoms with Crippen LogP contribution in [0.3, 0.4) is 0 Å². The minimum absolute atomic E-state index is 0. The van der Waals surface area contributed by atoms with Gasteiger partial charge in [-0.15, -0.1) is 17.0 Å². The molecule has 0 unspecified atom stereocenters. The number of aromatic nitrogens is 2. The summed E-state index contributed by atoms with van der Waals surface area (Å²) >= 11 is 0. The number of nitrogens with zero attached hydrogens (tertiary/aromatic N) is 2. The maximum atomic E-state index is 14.2. The van der Waals surface area contributed by atoms with E-state index in [0.29, 0.717) is 35.6 Å². The Hall–Kier alpha value is -2.09. The Morgan fingerprint density at radius 2 is 1.79 bits per heavy atom. The summed E-state index contributed by atoms with van der Waals surface area (Å²) in [7, 11) is 0. The third-order valence-electron chi connectivity index (χ3n) is 4.40. The van der Waals surface area contributed by atoms with E-state index >= 15 is 0 Å². The lowest BCUT2D eigenvalue weighted by Crippen LogP contribution is -2.11. The van der Waals surface area contributed by atoms with Gasteiger partial charge in [0.25, 0.3) is 0 Å². The second kappa shape index (κ2) is 9.91. The van der Waals surface area contributed by atoms with Crippen LogP contribution < -0.4 is 5.73 Å². The molecule has 0 radical (unpaired) electrons. The van der Waals surface area contributed by atoms with Gasteiger partial charge < -0.3 is 15.6 Å². The standard InChI is InChI=1S/C21H24FN3O2.BrH/c1-13(2)20-19(23)21(25-18(24-20)9-11-27-12-10-26)16-7-8-17(22)15-6-4-3-5-14(15)16;/h3-8,13,26H,9-12,23H2,1-2H3;1H. The third-order valence-corrected chi connectivity index (χ3v) is 4.40. The molecule has 7 heteroatoms. The molecule has 28 heavy (non-hydrogen) atoms. The maximum Gasteiger partial charge on any atom is 0.131 e. The number of halogens is 2. The average molecular weight is 450 g/mol. The summed E-state index contributed by atoms with van der Waals surface area (Å²) in [6, 6.07) is 10.5. The monoisotopic (exact) mass is 449 g/mol. The molecular weight excluding hydrogens is 425 g/mol. The minimum Gasteiger partial charge on any atom is -0.395 e. The second-order valence-corrected chi connectivity index (χ2v) is 6.67. The Morgan fingerprint density at radius 3 is 2.46 bits per heavy atom. The molecule has 3 aromatic rings. The molecule has 0 fully saturated rings. The van der Waals surface area contributed by atoms with Crippen molar-refractivity contribution in [2.24, 2.45) is 0 Å². The summed E-state index contributed by atoms with van der Waals surface area (Å²) in [5.41, 5.74) is 9.09. The summed E-state index contributed by atoms with van der Waals surface area (Å²) in [5, 5.41) is 10.1. The maximum absolute atomic E-state index is 14.2. The Balaban J connectivity index is 0.00000280.